The minimum absolute atomic E-state index is 0.0487. The van der Waals surface area contributed by atoms with Gasteiger partial charge in [0.2, 0.25) is 5.76 Å². The smallest absolute Gasteiger partial charge is 0.290 e. The average molecular weight is 481 g/mol. The van der Waals surface area contributed by atoms with E-state index in [2.05, 4.69) is 4.90 Å². The molecule has 0 aliphatic carbocycles. The largest absolute Gasteiger partial charge is 0.497 e. The molecular weight excluding hydrogens is 452 g/mol. The molecule has 1 fully saturated rings. The topological polar surface area (TPSA) is 90.7 Å². The van der Waals surface area contributed by atoms with Crippen molar-refractivity contribution >= 4 is 16.9 Å². The van der Waals surface area contributed by atoms with E-state index < -0.39 is 6.04 Å². The Bertz CT molecular complexity index is 1310. The Morgan fingerprint density at radius 2 is 1.77 bits per heavy atom. The molecule has 3 heterocycles. The lowest BCUT2D eigenvalue weighted by atomic mass is 9.97. The first-order valence-electron chi connectivity index (χ1n) is 11.5. The zero-order chi connectivity index (χ0) is 24.5. The molecule has 1 saturated heterocycles. The van der Waals surface area contributed by atoms with Gasteiger partial charge in [-0.1, -0.05) is 12.1 Å². The summed E-state index contributed by atoms with van der Waals surface area (Å²) in [6.07, 6.45) is 0. The number of morpholine rings is 1. The number of rotatable bonds is 7. The van der Waals surface area contributed by atoms with Gasteiger partial charge in [0.25, 0.3) is 5.91 Å². The Balaban J connectivity index is 1.66. The standard InChI is InChI=1S/C26H28N2O7/c1-31-16-7-8-17-20(15-16)35-25-21(23(17)29)22(18-5-4-6-19(32-2)24(18)33-3)28(26(25)30)10-9-27-11-13-34-14-12-27/h4-8,15,22H,9-14H2,1-3H3/t22-/m0/s1. The van der Waals surface area contributed by atoms with E-state index in [9.17, 15) is 9.59 Å². The van der Waals surface area contributed by atoms with Crippen molar-refractivity contribution in [2.45, 2.75) is 6.04 Å². The van der Waals surface area contributed by atoms with E-state index in [0.717, 1.165) is 13.1 Å². The van der Waals surface area contributed by atoms with Crippen LogP contribution in [0.3, 0.4) is 0 Å². The van der Waals surface area contributed by atoms with Crippen molar-refractivity contribution in [3.8, 4) is 17.2 Å². The van der Waals surface area contributed by atoms with Crippen LogP contribution in [0, 0.1) is 0 Å². The van der Waals surface area contributed by atoms with Crippen molar-refractivity contribution in [1.29, 1.82) is 0 Å². The van der Waals surface area contributed by atoms with Gasteiger partial charge in [-0.3, -0.25) is 14.5 Å². The monoisotopic (exact) mass is 480 g/mol. The normalized spacial score (nSPS) is 18.1. The van der Waals surface area contributed by atoms with Gasteiger partial charge < -0.3 is 28.3 Å². The summed E-state index contributed by atoms with van der Waals surface area (Å²) >= 11 is 0. The van der Waals surface area contributed by atoms with E-state index in [0.29, 0.717) is 65.6 Å². The molecule has 0 spiro atoms. The molecular formula is C26H28N2O7. The minimum atomic E-state index is -0.675. The first kappa shape index (κ1) is 23.2. The number of carbonyl (C=O) groups is 1. The van der Waals surface area contributed by atoms with Gasteiger partial charge >= 0.3 is 0 Å². The molecule has 0 bridgehead atoms. The molecule has 9 nitrogen and oxygen atoms in total. The van der Waals surface area contributed by atoms with Gasteiger partial charge in [0, 0.05) is 37.8 Å². The van der Waals surface area contributed by atoms with E-state index in [1.807, 2.05) is 12.1 Å². The molecule has 35 heavy (non-hydrogen) atoms. The lowest BCUT2D eigenvalue weighted by Crippen LogP contribution is -2.42. The average Bonchev–Trinajstić information content (AvgIpc) is 3.18. The second-order valence-electron chi connectivity index (χ2n) is 8.47. The number of benzene rings is 2. The molecule has 3 aromatic rings. The fourth-order valence-electron chi connectivity index (χ4n) is 4.88. The van der Waals surface area contributed by atoms with Gasteiger partial charge in [0.1, 0.15) is 11.3 Å². The van der Waals surface area contributed by atoms with Gasteiger partial charge in [-0.25, -0.2) is 0 Å². The van der Waals surface area contributed by atoms with Crippen molar-refractivity contribution in [1.82, 2.24) is 9.80 Å². The van der Waals surface area contributed by atoms with Crippen molar-refractivity contribution in [3.05, 3.63) is 63.5 Å². The second-order valence-corrected chi connectivity index (χ2v) is 8.47. The van der Waals surface area contributed by atoms with E-state index in [-0.39, 0.29) is 17.1 Å². The van der Waals surface area contributed by atoms with Gasteiger partial charge in [0.05, 0.1) is 51.5 Å². The number of hydrogen-bond acceptors (Lipinski definition) is 8. The predicted octanol–water partition coefficient (Wildman–Crippen LogP) is 2.70. The third-order valence-electron chi connectivity index (χ3n) is 6.66. The highest BCUT2D eigenvalue weighted by atomic mass is 16.5. The number of fused-ring (bicyclic) bond motifs is 2. The molecule has 2 aromatic carbocycles. The number of para-hydroxylation sites is 1. The van der Waals surface area contributed by atoms with Crippen LogP contribution in [0.5, 0.6) is 17.2 Å². The number of carbonyl (C=O) groups excluding carboxylic acids is 1. The number of methoxy groups -OCH3 is 3. The van der Waals surface area contributed by atoms with Gasteiger partial charge in [-0.2, -0.15) is 0 Å². The van der Waals surface area contributed by atoms with Crippen LogP contribution in [0.15, 0.2) is 45.6 Å². The van der Waals surface area contributed by atoms with E-state index in [1.54, 1.807) is 43.4 Å². The van der Waals surface area contributed by atoms with Crippen LogP contribution in [0.4, 0.5) is 0 Å². The fourth-order valence-corrected chi connectivity index (χ4v) is 4.88. The van der Waals surface area contributed by atoms with Crippen LogP contribution in [-0.4, -0.2) is 76.4 Å². The summed E-state index contributed by atoms with van der Waals surface area (Å²) < 4.78 is 28.0. The minimum Gasteiger partial charge on any atom is -0.497 e. The summed E-state index contributed by atoms with van der Waals surface area (Å²) in [5.74, 6) is 1.26. The Hall–Kier alpha value is -3.56. The lowest BCUT2D eigenvalue weighted by Gasteiger charge is -2.31. The number of amides is 1. The summed E-state index contributed by atoms with van der Waals surface area (Å²) in [5, 5.41) is 0.388. The summed E-state index contributed by atoms with van der Waals surface area (Å²) in [6, 6.07) is 9.79. The summed E-state index contributed by atoms with van der Waals surface area (Å²) in [4.78, 5) is 31.4. The highest BCUT2D eigenvalue weighted by Gasteiger charge is 2.44. The molecule has 0 radical (unpaired) electrons. The molecule has 2 aliphatic heterocycles. The maximum Gasteiger partial charge on any atom is 0.290 e. The molecule has 0 unspecified atom stereocenters. The first-order chi connectivity index (χ1) is 17.1. The highest BCUT2D eigenvalue weighted by Crippen LogP contribution is 2.44. The number of hydrogen-bond donors (Lipinski definition) is 0. The Morgan fingerprint density at radius 3 is 2.49 bits per heavy atom. The molecule has 1 atom stereocenters. The molecule has 0 saturated carbocycles. The van der Waals surface area contributed by atoms with Crippen LogP contribution in [0.1, 0.15) is 27.7 Å². The van der Waals surface area contributed by atoms with E-state index in [1.165, 1.54) is 7.11 Å². The second kappa shape index (κ2) is 9.59. The van der Waals surface area contributed by atoms with Crippen molar-refractivity contribution in [2.75, 3.05) is 60.7 Å². The third-order valence-corrected chi connectivity index (χ3v) is 6.66. The van der Waals surface area contributed by atoms with E-state index >= 15 is 0 Å². The quantitative estimate of drug-likeness (QED) is 0.510. The summed E-state index contributed by atoms with van der Waals surface area (Å²) in [7, 11) is 4.64. The van der Waals surface area contributed by atoms with Crippen LogP contribution in [-0.2, 0) is 4.74 Å². The maximum absolute atomic E-state index is 13.8. The number of nitrogens with zero attached hydrogens (tertiary/aromatic N) is 2. The molecule has 9 heteroatoms. The molecule has 1 aromatic heterocycles. The molecule has 1 amide bonds. The Kier molecular flexibility index (Phi) is 6.36. The van der Waals surface area contributed by atoms with Gasteiger partial charge in [-0.05, 0) is 18.2 Å². The fraction of sp³-hybridized carbons (Fsp3) is 0.385. The molecule has 184 valence electrons. The maximum atomic E-state index is 13.8. The summed E-state index contributed by atoms with van der Waals surface area (Å²) in [6.45, 7) is 3.97. The molecule has 5 rings (SSSR count). The Morgan fingerprint density at radius 1 is 0.971 bits per heavy atom. The highest BCUT2D eigenvalue weighted by molar-refractivity contribution is 5.99. The molecule has 2 aliphatic rings. The number of ether oxygens (including phenoxy) is 4. The van der Waals surface area contributed by atoms with Crippen molar-refractivity contribution < 1.29 is 28.2 Å². The van der Waals surface area contributed by atoms with E-state index in [4.69, 9.17) is 23.4 Å². The predicted molar refractivity (Wildman–Crippen MR) is 129 cm³/mol. The third kappa shape index (κ3) is 4.00. The SMILES string of the molecule is COc1ccc2c(=O)c3c(oc2c1)C(=O)N(CCN1CCOCC1)[C@H]3c1cccc(OC)c1OC. The van der Waals surface area contributed by atoms with Crippen LogP contribution >= 0.6 is 0 Å². The van der Waals surface area contributed by atoms with Gasteiger partial charge in [-0.15, -0.1) is 0 Å². The van der Waals surface area contributed by atoms with Crippen LogP contribution in [0.2, 0.25) is 0 Å². The van der Waals surface area contributed by atoms with Gasteiger partial charge in [0.15, 0.2) is 16.9 Å². The zero-order valence-corrected chi connectivity index (χ0v) is 20.0. The van der Waals surface area contributed by atoms with Crippen LogP contribution < -0.4 is 19.6 Å². The van der Waals surface area contributed by atoms with Crippen molar-refractivity contribution in [2.24, 2.45) is 0 Å². The van der Waals surface area contributed by atoms with Crippen molar-refractivity contribution in [3.63, 3.8) is 0 Å². The Labute approximate surface area is 202 Å². The molecule has 0 N–H and O–H groups in total. The summed E-state index contributed by atoms with van der Waals surface area (Å²) in [5.41, 5.74) is 1.04. The lowest BCUT2D eigenvalue weighted by molar-refractivity contribution is 0.0314. The first-order valence-corrected chi connectivity index (χ1v) is 11.5. The zero-order valence-electron chi connectivity index (χ0n) is 20.0. The van der Waals surface area contributed by atoms with Crippen LogP contribution in [0.25, 0.3) is 11.0 Å².